The fourth-order valence-electron chi connectivity index (χ4n) is 1.25. The lowest BCUT2D eigenvalue weighted by Gasteiger charge is -2.19. The minimum atomic E-state index is -2.61. The van der Waals surface area contributed by atoms with Gasteiger partial charge in [0.25, 0.3) is 0 Å². The number of halogens is 2. The SMILES string of the molecule is C=CCNC(=C)C(=C)C(C)CCC(C)(F)F. The smallest absolute Gasteiger partial charge is 0.245 e. The number of allylic oxidation sites excluding steroid dienone is 1. The first kappa shape index (κ1) is 14.9. The van der Waals surface area contributed by atoms with E-state index in [9.17, 15) is 8.78 Å². The summed E-state index contributed by atoms with van der Waals surface area (Å²) >= 11 is 0. The molecule has 0 radical (unpaired) electrons. The number of rotatable bonds is 8. The van der Waals surface area contributed by atoms with Crippen LogP contribution in [0.5, 0.6) is 0 Å². The van der Waals surface area contributed by atoms with E-state index < -0.39 is 5.92 Å². The molecule has 1 atom stereocenters. The van der Waals surface area contributed by atoms with Crippen molar-refractivity contribution in [1.82, 2.24) is 5.32 Å². The third-order valence-electron chi connectivity index (χ3n) is 2.46. The average Bonchev–Trinajstić information content (AvgIpc) is 2.20. The maximum absolute atomic E-state index is 12.7. The normalized spacial score (nSPS) is 13.0. The second kappa shape index (κ2) is 6.46. The molecule has 0 aromatic heterocycles. The van der Waals surface area contributed by atoms with E-state index in [2.05, 4.69) is 25.1 Å². The minimum Gasteiger partial charge on any atom is -0.382 e. The summed E-state index contributed by atoms with van der Waals surface area (Å²) in [5, 5.41) is 3.01. The van der Waals surface area contributed by atoms with Gasteiger partial charge in [-0.05, 0) is 24.8 Å². The second-order valence-electron chi connectivity index (χ2n) is 4.18. The van der Waals surface area contributed by atoms with Crippen molar-refractivity contribution in [3.63, 3.8) is 0 Å². The van der Waals surface area contributed by atoms with Crippen LogP contribution in [0.4, 0.5) is 8.78 Å². The Bertz CT molecular complexity index is 264. The highest BCUT2D eigenvalue weighted by molar-refractivity contribution is 5.25. The van der Waals surface area contributed by atoms with E-state index in [-0.39, 0.29) is 12.3 Å². The Kier molecular flexibility index (Phi) is 6.01. The van der Waals surface area contributed by atoms with Crippen molar-refractivity contribution in [2.24, 2.45) is 5.92 Å². The first-order valence-corrected chi connectivity index (χ1v) is 5.38. The summed E-state index contributed by atoms with van der Waals surface area (Å²) in [5.41, 5.74) is 1.48. The Morgan fingerprint density at radius 2 is 2.00 bits per heavy atom. The molecule has 0 amide bonds. The minimum absolute atomic E-state index is 0.00985. The topological polar surface area (TPSA) is 12.0 Å². The molecule has 0 aliphatic heterocycles. The third kappa shape index (κ3) is 6.38. The van der Waals surface area contributed by atoms with Gasteiger partial charge in [-0.1, -0.05) is 26.2 Å². The first-order chi connectivity index (χ1) is 7.28. The lowest BCUT2D eigenvalue weighted by atomic mass is 9.94. The molecule has 0 bridgehead atoms. The van der Waals surface area contributed by atoms with Crippen LogP contribution in [0.2, 0.25) is 0 Å². The lowest BCUT2D eigenvalue weighted by Crippen LogP contribution is -2.18. The van der Waals surface area contributed by atoms with Gasteiger partial charge in [-0.2, -0.15) is 0 Å². The highest BCUT2D eigenvalue weighted by Gasteiger charge is 2.22. The Morgan fingerprint density at radius 3 is 2.44 bits per heavy atom. The number of hydrogen-bond donors (Lipinski definition) is 1. The predicted molar refractivity (Wildman–Crippen MR) is 65.5 cm³/mol. The fourth-order valence-corrected chi connectivity index (χ4v) is 1.25. The zero-order valence-electron chi connectivity index (χ0n) is 10.2. The summed E-state index contributed by atoms with van der Waals surface area (Å²) in [7, 11) is 0. The van der Waals surface area contributed by atoms with Gasteiger partial charge >= 0.3 is 0 Å². The maximum Gasteiger partial charge on any atom is 0.245 e. The predicted octanol–water partition coefficient (Wildman–Crippen LogP) is 3.90. The number of hydrogen-bond acceptors (Lipinski definition) is 1. The van der Waals surface area contributed by atoms with Gasteiger partial charge in [-0.25, -0.2) is 8.78 Å². The molecule has 0 saturated heterocycles. The monoisotopic (exact) mass is 229 g/mol. The Balaban J connectivity index is 4.08. The van der Waals surface area contributed by atoms with Gasteiger partial charge in [-0.3, -0.25) is 0 Å². The second-order valence-corrected chi connectivity index (χ2v) is 4.18. The van der Waals surface area contributed by atoms with E-state index in [0.29, 0.717) is 18.7 Å². The highest BCUT2D eigenvalue weighted by atomic mass is 19.3. The molecule has 0 spiro atoms. The molecule has 0 saturated carbocycles. The van der Waals surface area contributed by atoms with Crippen molar-refractivity contribution in [3.8, 4) is 0 Å². The summed E-state index contributed by atoms with van der Waals surface area (Å²) in [4.78, 5) is 0. The molecule has 3 heteroatoms. The molecule has 0 aliphatic carbocycles. The van der Waals surface area contributed by atoms with E-state index in [1.807, 2.05) is 6.92 Å². The van der Waals surface area contributed by atoms with E-state index in [4.69, 9.17) is 0 Å². The van der Waals surface area contributed by atoms with Crippen molar-refractivity contribution in [2.45, 2.75) is 32.6 Å². The third-order valence-corrected chi connectivity index (χ3v) is 2.46. The van der Waals surface area contributed by atoms with Crippen LogP contribution in [-0.4, -0.2) is 12.5 Å². The number of nitrogens with one attached hydrogen (secondary N) is 1. The Hall–Kier alpha value is -1.12. The van der Waals surface area contributed by atoms with Gasteiger partial charge in [0.05, 0.1) is 0 Å². The molecule has 0 fully saturated rings. The molecule has 0 aromatic carbocycles. The first-order valence-electron chi connectivity index (χ1n) is 5.38. The largest absolute Gasteiger partial charge is 0.382 e. The summed E-state index contributed by atoms with van der Waals surface area (Å²) < 4.78 is 25.3. The molecule has 1 unspecified atom stereocenters. The molecule has 1 nitrogen and oxygen atoms in total. The van der Waals surface area contributed by atoms with Crippen LogP contribution in [0.3, 0.4) is 0 Å². The van der Waals surface area contributed by atoms with Gasteiger partial charge in [-0.15, -0.1) is 6.58 Å². The van der Waals surface area contributed by atoms with E-state index in [0.717, 1.165) is 12.5 Å². The summed E-state index contributed by atoms with van der Waals surface area (Å²) in [6.07, 6.45) is 2.00. The quantitative estimate of drug-likeness (QED) is 0.491. The summed E-state index contributed by atoms with van der Waals surface area (Å²) in [6.45, 7) is 14.7. The summed E-state index contributed by atoms with van der Waals surface area (Å²) in [5.74, 6) is -2.60. The molecule has 1 N–H and O–H groups in total. The van der Waals surface area contributed by atoms with Crippen molar-refractivity contribution in [1.29, 1.82) is 0 Å². The molecule has 0 heterocycles. The van der Waals surface area contributed by atoms with Crippen LogP contribution in [0, 0.1) is 5.92 Å². The van der Waals surface area contributed by atoms with Gasteiger partial charge in [0.15, 0.2) is 0 Å². The average molecular weight is 229 g/mol. The molecule has 16 heavy (non-hydrogen) atoms. The van der Waals surface area contributed by atoms with Crippen molar-refractivity contribution < 1.29 is 8.78 Å². The van der Waals surface area contributed by atoms with Crippen LogP contribution in [0.15, 0.2) is 37.1 Å². The van der Waals surface area contributed by atoms with Crippen LogP contribution >= 0.6 is 0 Å². The molecule has 0 rings (SSSR count). The summed E-state index contributed by atoms with van der Waals surface area (Å²) in [6, 6.07) is 0. The van der Waals surface area contributed by atoms with Crippen LogP contribution in [-0.2, 0) is 0 Å². The van der Waals surface area contributed by atoms with Crippen molar-refractivity contribution >= 4 is 0 Å². The van der Waals surface area contributed by atoms with E-state index in [1.165, 1.54) is 0 Å². The highest BCUT2D eigenvalue weighted by Crippen LogP contribution is 2.26. The van der Waals surface area contributed by atoms with E-state index >= 15 is 0 Å². The molecule has 0 aromatic rings. The number of alkyl halides is 2. The van der Waals surface area contributed by atoms with Gasteiger partial charge in [0, 0.05) is 18.7 Å². The zero-order chi connectivity index (χ0) is 12.8. The van der Waals surface area contributed by atoms with Gasteiger partial charge in [0.2, 0.25) is 5.92 Å². The lowest BCUT2D eigenvalue weighted by molar-refractivity contribution is 0.00841. The molecular formula is C13H21F2N. The van der Waals surface area contributed by atoms with Crippen LogP contribution in [0.1, 0.15) is 26.7 Å². The van der Waals surface area contributed by atoms with Crippen LogP contribution in [0.25, 0.3) is 0 Å². The fraction of sp³-hybridized carbons (Fsp3) is 0.538. The maximum atomic E-state index is 12.7. The molecule has 0 aliphatic rings. The van der Waals surface area contributed by atoms with Crippen molar-refractivity contribution in [3.05, 3.63) is 37.1 Å². The zero-order valence-corrected chi connectivity index (χ0v) is 10.2. The standard InChI is InChI=1S/C13H21F2N/c1-6-9-16-12(4)11(3)10(2)7-8-13(5,14)15/h6,10,16H,1,3-4,7-9H2,2,5H3. The van der Waals surface area contributed by atoms with Gasteiger partial charge in [0.1, 0.15) is 0 Å². The van der Waals surface area contributed by atoms with Crippen molar-refractivity contribution in [2.75, 3.05) is 6.54 Å². The molecular weight excluding hydrogens is 208 g/mol. The Morgan fingerprint density at radius 1 is 1.44 bits per heavy atom. The van der Waals surface area contributed by atoms with Gasteiger partial charge < -0.3 is 5.32 Å². The Labute approximate surface area is 96.9 Å². The van der Waals surface area contributed by atoms with Crippen LogP contribution < -0.4 is 5.32 Å². The van der Waals surface area contributed by atoms with E-state index in [1.54, 1.807) is 6.08 Å². The molecule has 92 valence electrons.